The van der Waals surface area contributed by atoms with Gasteiger partial charge < -0.3 is 24.3 Å². The summed E-state index contributed by atoms with van der Waals surface area (Å²) >= 11 is 13.4. The molecule has 1 atom stereocenters. The number of aryl methyl sites for hydroxylation is 1. The number of pyridine rings is 1. The van der Waals surface area contributed by atoms with E-state index in [9.17, 15) is 14.7 Å². The van der Waals surface area contributed by atoms with Crippen LogP contribution >= 0.6 is 23.2 Å². The van der Waals surface area contributed by atoms with Gasteiger partial charge in [0.25, 0.3) is 12.8 Å². The number of fused-ring (bicyclic) bond motifs is 4. The second-order valence-electron chi connectivity index (χ2n) is 12.1. The Bertz CT molecular complexity index is 2130. The number of amides is 1. The highest BCUT2D eigenvalue weighted by Gasteiger charge is 2.42. The minimum atomic E-state index is -1.20. The Balaban J connectivity index is 1.11. The average molecular weight is 687 g/mol. The molecule has 15 heteroatoms. The molecule has 5 heterocycles. The van der Waals surface area contributed by atoms with Crippen molar-refractivity contribution in [1.29, 1.82) is 0 Å². The van der Waals surface area contributed by atoms with Crippen LogP contribution in [0.15, 0.2) is 54.7 Å². The number of nitrogens with zero attached hydrogens (tertiary/aromatic N) is 6. The molecule has 1 amide bonds. The molecular weight excluding hydrogens is 661 g/mol. The first-order chi connectivity index (χ1) is 23.2. The van der Waals surface area contributed by atoms with Crippen LogP contribution in [-0.4, -0.2) is 74.6 Å². The summed E-state index contributed by atoms with van der Waals surface area (Å²) in [4.78, 5) is 33.9. The second-order valence-corrected chi connectivity index (χ2v) is 12.9. The maximum atomic E-state index is 15.7. The maximum Gasteiger partial charge on any atom is 0.337 e. The van der Waals surface area contributed by atoms with Crippen LogP contribution in [0.2, 0.25) is 16.4 Å². The molecule has 5 aromatic rings. The number of benzene rings is 3. The van der Waals surface area contributed by atoms with Crippen molar-refractivity contribution in [2.24, 2.45) is 7.05 Å². The Morgan fingerprint density at radius 1 is 1.08 bits per heavy atom. The SMILES string of the molecule is Cn1nnc2c(-c3cc(Cl)c(C(=O)N4COc5c(cccc5-c5cc(N6B7CCC6COC7)c(C(=O)O)cc5F)C4)c(Cl)c3)ccnc21. The molecule has 48 heavy (non-hydrogen) atoms. The van der Waals surface area contributed by atoms with E-state index in [4.69, 9.17) is 32.7 Å². The third-order valence-electron chi connectivity index (χ3n) is 9.29. The summed E-state index contributed by atoms with van der Waals surface area (Å²) in [7, 11) is 1.74. The molecule has 2 saturated heterocycles. The van der Waals surface area contributed by atoms with E-state index >= 15 is 4.39 Å². The molecule has 0 aliphatic carbocycles. The Kier molecular flexibility index (Phi) is 7.50. The van der Waals surface area contributed by atoms with E-state index in [2.05, 4.69) is 20.1 Å². The number of rotatable bonds is 5. The van der Waals surface area contributed by atoms with Crippen LogP contribution in [0.25, 0.3) is 33.4 Å². The van der Waals surface area contributed by atoms with Gasteiger partial charge in [0.15, 0.2) is 12.4 Å². The first kappa shape index (κ1) is 30.6. The maximum absolute atomic E-state index is 15.7. The molecule has 3 aliphatic rings. The first-order valence-electron chi connectivity index (χ1n) is 15.3. The Hall–Kier alpha value is -4.72. The van der Waals surface area contributed by atoms with Gasteiger partial charge in [-0.2, -0.15) is 0 Å². The summed E-state index contributed by atoms with van der Waals surface area (Å²) in [5.41, 5.74) is 4.33. The third kappa shape index (κ3) is 4.95. The third-order valence-corrected chi connectivity index (χ3v) is 9.89. The number of carbonyl (C=O) groups excluding carboxylic acids is 1. The fraction of sp³-hybridized carbons (Fsp3) is 0.242. The van der Waals surface area contributed by atoms with Gasteiger partial charge >= 0.3 is 5.97 Å². The molecule has 11 nitrogen and oxygen atoms in total. The summed E-state index contributed by atoms with van der Waals surface area (Å²) in [5.74, 6) is -1.90. The van der Waals surface area contributed by atoms with Crippen LogP contribution in [0.4, 0.5) is 10.1 Å². The zero-order valence-corrected chi connectivity index (χ0v) is 27.0. The number of carboxylic acid groups (broad SMARTS) is 1. The predicted molar refractivity (Wildman–Crippen MR) is 178 cm³/mol. The molecule has 2 aromatic heterocycles. The number of ether oxygens (including phenoxy) is 2. The van der Waals surface area contributed by atoms with Gasteiger partial charge in [0.1, 0.15) is 17.1 Å². The first-order valence-corrected chi connectivity index (χ1v) is 16.1. The monoisotopic (exact) mass is 686 g/mol. The van der Waals surface area contributed by atoms with Crippen LogP contribution < -0.4 is 9.55 Å². The van der Waals surface area contributed by atoms with Gasteiger partial charge in [-0.25, -0.2) is 18.9 Å². The number of para-hydroxylation sites is 1. The van der Waals surface area contributed by atoms with Crippen molar-refractivity contribution in [1.82, 2.24) is 24.9 Å². The standard InChI is InChI=1S/C33H26BCl2FN6O5/c1-41-31-29(39-40-41)20(6-8-38-31)18-9-24(35)28(25(36)10-18)32(44)42-13-17-3-2-4-21(30(17)48-16-42)22-12-27(23(33(45)46)11-26(22)37)43-19-5-7-34(43)15-47-14-19/h2-4,6,8-12,19H,5,7,13-16H2,1H3,(H,45,46). The van der Waals surface area contributed by atoms with Gasteiger partial charge in [0.2, 0.25) is 0 Å². The summed E-state index contributed by atoms with van der Waals surface area (Å²) in [6, 6.07) is 13.1. The number of carbonyl (C=O) groups is 2. The van der Waals surface area contributed by atoms with Gasteiger partial charge in [0, 0.05) is 53.7 Å². The van der Waals surface area contributed by atoms with Crippen molar-refractivity contribution >= 4 is 58.8 Å². The summed E-state index contributed by atoms with van der Waals surface area (Å²) in [6.45, 7) is 1.00. The zero-order chi connectivity index (χ0) is 33.3. The van der Waals surface area contributed by atoms with E-state index in [0.717, 1.165) is 18.8 Å². The van der Waals surface area contributed by atoms with Gasteiger partial charge in [-0.15, -0.1) is 5.10 Å². The highest BCUT2D eigenvalue weighted by atomic mass is 35.5. The minimum Gasteiger partial charge on any atom is -0.478 e. The van der Waals surface area contributed by atoms with E-state index in [1.54, 1.807) is 60.4 Å². The zero-order valence-electron chi connectivity index (χ0n) is 25.5. The smallest absolute Gasteiger partial charge is 0.337 e. The summed E-state index contributed by atoms with van der Waals surface area (Å²) < 4.78 is 29.1. The number of anilines is 1. The molecule has 0 saturated carbocycles. The van der Waals surface area contributed by atoms with Gasteiger partial charge in [-0.3, -0.25) is 4.79 Å². The molecule has 2 fully saturated rings. The van der Waals surface area contributed by atoms with E-state index < -0.39 is 17.7 Å². The molecule has 8 rings (SSSR count). The summed E-state index contributed by atoms with van der Waals surface area (Å²) in [5, 5.41) is 18.5. The number of aromatic carboxylic acids is 1. The lowest BCUT2D eigenvalue weighted by atomic mass is 9.60. The highest BCUT2D eigenvalue weighted by Crippen LogP contribution is 2.43. The molecular formula is C33H26BCl2FN6O5. The number of hydrogen-bond donors (Lipinski definition) is 1. The predicted octanol–water partition coefficient (Wildman–Crippen LogP) is 5.97. The quantitative estimate of drug-likeness (QED) is 0.223. The van der Waals surface area contributed by atoms with Crippen molar-refractivity contribution in [2.45, 2.75) is 25.3 Å². The van der Waals surface area contributed by atoms with Crippen molar-refractivity contribution in [2.75, 3.05) is 24.7 Å². The normalized spacial score (nSPS) is 17.1. The number of aromatic nitrogens is 4. The van der Waals surface area contributed by atoms with Crippen LogP contribution in [0.5, 0.6) is 5.75 Å². The largest absolute Gasteiger partial charge is 0.478 e. The summed E-state index contributed by atoms with van der Waals surface area (Å²) in [6.07, 6.45) is 3.38. The molecule has 242 valence electrons. The van der Waals surface area contributed by atoms with Crippen molar-refractivity contribution < 1.29 is 28.6 Å². The van der Waals surface area contributed by atoms with E-state index in [0.29, 0.717) is 58.0 Å². The Morgan fingerprint density at radius 3 is 2.67 bits per heavy atom. The number of carboxylic acids is 1. The lowest BCUT2D eigenvalue weighted by Crippen LogP contribution is -2.49. The fourth-order valence-corrected chi connectivity index (χ4v) is 7.70. The number of hydrogen-bond acceptors (Lipinski definition) is 8. The fourth-order valence-electron chi connectivity index (χ4n) is 7.05. The van der Waals surface area contributed by atoms with Crippen LogP contribution in [0, 0.1) is 5.82 Å². The van der Waals surface area contributed by atoms with E-state index in [1.165, 1.54) is 4.90 Å². The Morgan fingerprint density at radius 2 is 1.90 bits per heavy atom. The number of halogens is 3. The minimum absolute atomic E-state index is 0.0195. The van der Waals surface area contributed by atoms with Crippen molar-refractivity contribution in [3.63, 3.8) is 0 Å². The van der Waals surface area contributed by atoms with Crippen molar-refractivity contribution in [3.05, 3.63) is 87.3 Å². The molecule has 1 unspecified atom stereocenters. The topological polar surface area (TPSA) is 123 Å². The van der Waals surface area contributed by atoms with Crippen LogP contribution in [0.1, 0.15) is 32.7 Å². The van der Waals surface area contributed by atoms with Gasteiger partial charge in [-0.05, 0) is 48.6 Å². The van der Waals surface area contributed by atoms with Crippen LogP contribution in [0.3, 0.4) is 0 Å². The van der Waals surface area contributed by atoms with E-state index in [1.807, 2.05) is 0 Å². The highest BCUT2D eigenvalue weighted by molar-refractivity contribution is 6.64. The Labute approximate surface area is 283 Å². The molecule has 2 bridgehead atoms. The van der Waals surface area contributed by atoms with Crippen molar-refractivity contribution in [3.8, 4) is 28.0 Å². The van der Waals surface area contributed by atoms with Crippen LogP contribution in [-0.2, 0) is 18.3 Å². The average Bonchev–Trinajstić information content (AvgIpc) is 3.57. The molecule has 1 N–H and O–H groups in total. The molecule has 3 aromatic carbocycles. The molecule has 3 aliphatic heterocycles. The lowest BCUT2D eigenvalue weighted by molar-refractivity contribution is 0.0516. The molecule has 0 radical (unpaired) electrons. The second kappa shape index (κ2) is 11.8. The molecule has 0 spiro atoms. The van der Waals surface area contributed by atoms with E-state index in [-0.39, 0.29) is 52.9 Å². The van der Waals surface area contributed by atoms with Gasteiger partial charge in [-0.1, -0.05) is 46.6 Å². The lowest BCUT2D eigenvalue weighted by Gasteiger charge is -2.37. The van der Waals surface area contributed by atoms with Gasteiger partial charge in [0.05, 0.1) is 34.3 Å².